The highest BCUT2D eigenvalue weighted by Gasteiger charge is 2.53. The Balaban J connectivity index is 2.21. The van der Waals surface area contributed by atoms with Gasteiger partial charge < -0.3 is 0 Å². The Kier molecular flexibility index (Phi) is 2.07. The summed E-state index contributed by atoms with van der Waals surface area (Å²) >= 11 is 0. The van der Waals surface area contributed by atoms with Crippen molar-refractivity contribution in [2.45, 2.75) is 47.0 Å². The summed E-state index contributed by atoms with van der Waals surface area (Å²) in [7, 11) is 0. The van der Waals surface area contributed by atoms with Crippen LogP contribution in [0.15, 0.2) is 23.3 Å². The predicted molar refractivity (Wildman–Crippen MR) is 69.6 cm³/mol. The third-order valence-corrected chi connectivity index (χ3v) is 5.42. The van der Waals surface area contributed by atoms with Crippen molar-refractivity contribution in [1.82, 2.24) is 0 Å². The average Bonchev–Trinajstić information content (AvgIpc) is 2.65. The summed E-state index contributed by atoms with van der Waals surface area (Å²) in [6.07, 6.45) is 7.49. The molecule has 0 aromatic carbocycles. The number of Topliss-reactive ketones (excluding diaryl/α,β-unsaturated/α-hetero) is 1. The second-order valence-corrected chi connectivity index (χ2v) is 7.24. The Labute approximate surface area is 104 Å². The van der Waals surface area contributed by atoms with Gasteiger partial charge in [0.2, 0.25) is 0 Å². The monoisotopic (exact) mass is 230 g/mol. The van der Waals surface area contributed by atoms with Gasteiger partial charge in [-0.25, -0.2) is 0 Å². The summed E-state index contributed by atoms with van der Waals surface area (Å²) in [5, 5.41) is 0. The van der Waals surface area contributed by atoms with Gasteiger partial charge in [-0.2, -0.15) is 0 Å². The summed E-state index contributed by atoms with van der Waals surface area (Å²) in [6, 6.07) is 0. The lowest BCUT2D eigenvalue weighted by Gasteiger charge is -2.43. The standard InChI is InChI=1S/C16H22O/c1-15(2)9-13-14(17)8-12(15)10-6-5-7-11(10)16(13,3)4/h5,7,12-13H,6,8-9H2,1-4H3/t12-,13+/m1/s1. The summed E-state index contributed by atoms with van der Waals surface area (Å²) in [4.78, 5) is 12.4. The number of allylic oxidation sites excluding steroid dienone is 4. The number of rotatable bonds is 0. The molecule has 0 spiro atoms. The molecule has 2 atom stereocenters. The van der Waals surface area contributed by atoms with E-state index in [0.717, 1.165) is 19.3 Å². The number of hydrogen-bond donors (Lipinski definition) is 0. The highest BCUT2D eigenvalue weighted by molar-refractivity contribution is 5.85. The van der Waals surface area contributed by atoms with Crippen molar-refractivity contribution in [3.8, 4) is 0 Å². The Hall–Kier alpha value is -0.850. The van der Waals surface area contributed by atoms with Crippen molar-refractivity contribution in [2.75, 3.05) is 0 Å². The summed E-state index contributed by atoms with van der Waals surface area (Å²) in [5.74, 6) is 1.21. The van der Waals surface area contributed by atoms with E-state index >= 15 is 0 Å². The van der Waals surface area contributed by atoms with E-state index in [-0.39, 0.29) is 11.3 Å². The highest BCUT2D eigenvalue weighted by atomic mass is 16.1. The lowest BCUT2D eigenvalue weighted by atomic mass is 9.60. The normalized spacial score (nSPS) is 37.3. The van der Waals surface area contributed by atoms with Crippen molar-refractivity contribution in [1.29, 1.82) is 0 Å². The summed E-state index contributed by atoms with van der Waals surface area (Å²) in [6.45, 7) is 9.23. The average molecular weight is 230 g/mol. The van der Waals surface area contributed by atoms with Crippen molar-refractivity contribution >= 4 is 5.78 Å². The molecule has 0 aliphatic heterocycles. The van der Waals surface area contributed by atoms with E-state index in [1.807, 2.05) is 0 Å². The van der Waals surface area contributed by atoms with Crippen LogP contribution < -0.4 is 0 Å². The van der Waals surface area contributed by atoms with Gasteiger partial charge in [0.15, 0.2) is 0 Å². The van der Waals surface area contributed by atoms with Crippen LogP contribution in [0.2, 0.25) is 0 Å². The van der Waals surface area contributed by atoms with E-state index in [9.17, 15) is 4.79 Å². The molecule has 0 N–H and O–H groups in total. The number of hydrogen-bond acceptors (Lipinski definition) is 1. The molecule has 1 heteroatoms. The molecule has 4 aliphatic carbocycles. The Morgan fingerprint density at radius 3 is 2.59 bits per heavy atom. The number of fused-ring (bicyclic) bond motifs is 2. The van der Waals surface area contributed by atoms with Gasteiger partial charge in [-0.3, -0.25) is 4.79 Å². The lowest BCUT2D eigenvalue weighted by Crippen LogP contribution is -2.41. The van der Waals surface area contributed by atoms with Gasteiger partial charge in [0, 0.05) is 12.3 Å². The second-order valence-electron chi connectivity index (χ2n) is 7.24. The summed E-state index contributed by atoms with van der Waals surface area (Å²) in [5.41, 5.74) is 3.37. The van der Waals surface area contributed by atoms with Gasteiger partial charge in [0.1, 0.15) is 5.78 Å². The number of carbonyl (C=O) groups is 1. The van der Waals surface area contributed by atoms with Crippen molar-refractivity contribution in [3.05, 3.63) is 23.3 Å². The summed E-state index contributed by atoms with van der Waals surface area (Å²) < 4.78 is 0. The minimum atomic E-state index is 0.0436. The first-order chi connectivity index (χ1) is 7.84. The van der Waals surface area contributed by atoms with Crippen molar-refractivity contribution in [2.24, 2.45) is 22.7 Å². The molecule has 1 fully saturated rings. The Bertz CT molecular complexity index is 448. The van der Waals surface area contributed by atoms with Gasteiger partial charge in [-0.05, 0) is 35.2 Å². The molecule has 0 saturated heterocycles. The molecule has 0 heterocycles. The van der Waals surface area contributed by atoms with Crippen molar-refractivity contribution < 1.29 is 4.79 Å². The molecule has 0 amide bonds. The van der Waals surface area contributed by atoms with Gasteiger partial charge in [0.25, 0.3) is 0 Å². The minimum absolute atomic E-state index is 0.0436. The maximum Gasteiger partial charge on any atom is 0.137 e. The predicted octanol–water partition coefficient (Wildman–Crippen LogP) is 3.90. The first-order valence-electron chi connectivity index (χ1n) is 6.77. The maximum absolute atomic E-state index is 12.4. The minimum Gasteiger partial charge on any atom is -0.299 e. The fourth-order valence-electron chi connectivity index (χ4n) is 4.32. The smallest absolute Gasteiger partial charge is 0.137 e. The molecule has 1 saturated carbocycles. The van der Waals surface area contributed by atoms with E-state index in [0.29, 0.717) is 17.1 Å². The zero-order valence-electron chi connectivity index (χ0n) is 11.3. The molecular weight excluding hydrogens is 208 g/mol. The molecule has 92 valence electrons. The Morgan fingerprint density at radius 2 is 1.88 bits per heavy atom. The SMILES string of the molecule is CC1(C)C[C@H]2C(=O)C[C@@H]1C1=C(C=CC1)C2(C)C. The Morgan fingerprint density at radius 1 is 1.18 bits per heavy atom. The van der Waals surface area contributed by atoms with Crippen LogP contribution in [-0.2, 0) is 4.79 Å². The highest BCUT2D eigenvalue weighted by Crippen LogP contribution is 2.59. The fraction of sp³-hybridized carbons (Fsp3) is 0.688. The van der Waals surface area contributed by atoms with Crippen LogP contribution in [0.3, 0.4) is 0 Å². The van der Waals surface area contributed by atoms with Crippen LogP contribution in [0.25, 0.3) is 0 Å². The van der Waals surface area contributed by atoms with E-state index in [4.69, 9.17) is 0 Å². The second kappa shape index (κ2) is 3.13. The third-order valence-electron chi connectivity index (χ3n) is 5.42. The fourth-order valence-corrected chi connectivity index (χ4v) is 4.32. The van der Waals surface area contributed by atoms with Gasteiger partial charge in [-0.15, -0.1) is 0 Å². The molecular formula is C16H22O. The van der Waals surface area contributed by atoms with Gasteiger partial charge >= 0.3 is 0 Å². The van der Waals surface area contributed by atoms with Crippen LogP contribution in [-0.4, -0.2) is 5.78 Å². The lowest BCUT2D eigenvalue weighted by molar-refractivity contribution is -0.131. The van der Waals surface area contributed by atoms with Crippen LogP contribution in [0.1, 0.15) is 47.0 Å². The molecule has 1 nitrogen and oxygen atoms in total. The zero-order chi connectivity index (χ0) is 12.4. The topological polar surface area (TPSA) is 17.1 Å². The molecule has 0 radical (unpaired) electrons. The number of carbonyl (C=O) groups excluding carboxylic acids is 1. The molecule has 17 heavy (non-hydrogen) atoms. The molecule has 2 bridgehead atoms. The first kappa shape index (κ1) is 11.3. The quantitative estimate of drug-likeness (QED) is 0.616. The van der Waals surface area contributed by atoms with E-state index in [2.05, 4.69) is 39.8 Å². The van der Waals surface area contributed by atoms with E-state index in [1.54, 1.807) is 5.57 Å². The molecule has 0 aromatic rings. The first-order valence-corrected chi connectivity index (χ1v) is 6.77. The molecule has 4 aliphatic rings. The van der Waals surface area contributed by atoms with Crippen LogP contribution in [0.4, 0.5) is 0 Å². The van der Waals surface area contributed by atoms with Gasteiger partial charge in [0.05, 0.1) is 0 Å². The maximum atomic E-state index is 12.4. The zero-order valence-corrected chi connectivity index (χ0v) is 11.3. The van der Waals surface area contributed by atoms with Crippen LogP contribution >= 0.6 is 0 Å². The number of ketones is 1. The molecule has 0 aromatic heterocycles. The van der Waals surface area contributed by atoms with Crippen LogP contribution in [0, 0.1) is 22.7 Å². The van der Waals surface area contributed by atoms with Gasteiger partial charge in [-0.1, -0.05) is 45.4 Å². The van der Waals surface area contributed by atoms with Crippen molar-refractivity contribution in [3.63, 3.8) is 0 Å². The third kappa shape index (κ3) is 1.34. The van der Waals surface area contributed by atoms with E-state index < -0.39 is 0 Å². The van der Waals surface area contributed by atoms with E-state index in [1.165, 1.54) is 5.57 Å². The largest absolute Gasteiger partial charge is 0.299 e. The van der Waals surface area contributed by atoms with Crippen LogP contribution in [0.5, 0.6) is 0 Å². The molecule has 4 rings (SSSR count). The molecule has 0 unspecified atom stereocenters.